The van der Waals surface area contributed by atoms with E-state index in [0.29, 0.717) is 13.0 Å². The van der Waals surface area contributed by atoms with Crippen LogP contribution in [0.3, 0.4) is 0 Å². The fraction of sp³-hybridized carbons (Fsp3) is 0.250. The van der Waals surface area contributed by atoms with E-state index in [9.17, 15) is 0 Å². The zero-order valence-corrected chi connectivity index (χ0v) is 22.6. The third-order valence-electron chi connectivity index (χ3n) is 7.13. The van der Waals surface area contributed by atoms with Gasteiger partial charge in [0.05, 0.1) is 5.69 Å². The molecule has 3 aromatic carbocycles. The molecule has 6 nitrogen and oxygen atoms in total. The Morgan fingerprint density at radius 2 is 1.64 bits per heavy atom. The first-order valence-electron chi connectivity index (χ1n) is 13.6. The maximum atomic E-state index is 6.10. The number of ether oxygens (including phenoxy) is 1. The van der Waals surface area contributed by atoms with E-state index in [0.717, 1.165) is 63.5 Å². The van der Waals surface area contributed by atoms with Gasteiger partial charge in [0.2, 0.25) is 0 Å². The number of anilines is 1. The number of hydrogen-bond acceptors (Lipinski definition) is 5. The summed E-state index contributed by atoms with van der Waals surface area (Å²) in [6.07, 6.45) is 3.28. The molecule has 0 radical (unpaired) electrons. The molecule has 0 saturated carbocycles. The fourth-order valence-corrected chi connectivity index (χ4v) is 5.25. The van der Waals surface area contributed by atoms with Crippen molar-refractivity contribution in [2.45, 2.75) is 25.8 Å². The predicted molar refractivity (Wildman–Crippen MR) is 158 cm³/mol. The van der Waals surface area contributed by atoms with Gasteiger partial charge in [-0.25, -0.2) is 9.50 Å². The van der Waals surface area contributed by atoms with Crippen molar-refractivity contribution in [3.8, 4) is 17.0 Å². The predicted octanol–water partition coefficient (Wildman–Crippen LogP) is 6.73. The highest BCUT2D eigenvalue weighted by Crippen LogP contribution is 2.23. The lowest BCUT2D eigenvalue weighted by Gasteiger charge is -2.14. The molecule has 5 aromatic rings. The molecular weight excluding hydrogens is 506 g/mol. The summed E-state index contributed by atoms with van der Waals surface area (Å²) in [5.41, 5.74) is 6.29. The van der Waals surface area contributed by atoms with Crippen LogP contribution >= 0.6 is 11.6 Å². The van der Waals surface area contributed by atoms with Gasteiger partial charge in [-0.05, 0) is 85.6 Å². The monoisotopic (exact) mass is 537 g/mol. The van der Waals surface area contributed by atoms with Crippen molar-refractivity contribution in [1.29, 1.82) is 0 Å². The van der Waals surface area contributed by atoms with Gasteiger partial charge >= 0.3 is 0 Å². The molecule has 1 fully saturated rings. The molecule has 1 N–H and O–H groups in total. The van der Waals surface area contributed by atoms with Crippen LogP contribution in [0.15, 0.2) is 91.0 Å². The molecule has 198 valence electrons. The van der Waals surface area contributed by atoms with E-state index in [1.165, 1.54) is 25.9 Å². The molecule has 0 spiro atoms. The molecule has 0 unspecified atom stereocenters. The van der Waals surface area contributed by atoms with Crippen molar-refractivity contribution < 1.29 is 4.74 Å². The van der Waals surface area contributed by atoms with Crippen LogP contribution < -0.4 is 10.1 Å². The summed E-state index contributed by atoms with van der Waals surface area (Å²) in [5.74, 6) is 1.71. The van der Waals surface area contributed by atoms with E-state index < -0.39 is 0 Å². The average Bonchev–Trinajstić information content (AvgIpc) is 3.63. The fourth-order valence-electron chi connectivity index (χ4n) is 5.04. The van der Waals surface area contributed by atoms with Crippen molar-refractivity contribution >= 4 is 22.9 Å². The Balaban J connectivity index is 1.10. The minimum atomic E-state index is 0.668. The number of fused-ring (bicyclic) bond motifs is 1. The Kier molecular flexibility index (Phi) is 7.75. The quantitative estimate of drug-likeness (QED) is 0.214. The molecule has 1 aliphatic rings. The molecule has 39 heavy (non-hydrogen) atoms. The second-order valence-corrected chi connectivity index (χ2v) is 10.4. The molecule has 6 rings (SSSR count). The molecule has 0 atom stereocenters. The standard InChI is InChI=1S/C32H32ClN5O/c33-27-6-3-5-25(21-27)23-34-28-13-11-26(12-14-28)30-7-4-8-32-35-31(36-38(30)32)22-24-9-15-29(16-10-24)39-20-19-37-17-1-2-18-37/h3-16,21,34H,1-2,17-20,22-23H2. The number of nitrogens with one attached hydrogen (secondary N) is 1. The number of likely N-dealkylation sites (tertiary alicyclic amines) is 1. The van der Waals surface area contributed by atoms with Crippen LogP contribution in [0.4, 0.5) is 5.69 Å². The topological polar surface area (TPSA) is 54.7 Å². The minimum Gasteiger partial charge on any atom is -0.492 e. The van der Waals surface area contributed by atoms with E-state index in [4.69, 9.17) is 26.4 Å². The van der Waals surface area contributed by atoms with Gasteiger partial charge in [-0.2, -0.15) is 5.10 Å². The van der Waals surface area contributed by atoms with E-state index in [1.54, 1.807) is 0 Å². The molecule has 7 heteroatoms. The van der Waals surface area contributed by atoms with Crippen molar-refractivity contribution in [3.63, 3.8) is 0 Å². The Hall–Kier alpha value is -3.87. The van der Waals surface area contributed by atoms with Gasteiger partial charge in [-0.1, -0.05) is 54.1 Å². The highest BCUT2D eigenvalue weighted by Gasteiger charge is 2.12. The van der Waals surface area contributed by atoms with Crippen LogP contribution in [0.2, 0.25) is 5.02 Å². The van der Waals surface area contributed by atoms with Gasteiger partial charge in [0.15, 0.2) is 11.5 Å². The Labute approximate surface area is 234 Å². The Bertz CT molecular complexity index is 1530. The number of rotatable bonds is 10. The summed E-state index contributed by atoms with van der Waals surface area (Å²) in [7, 11) is 0. The van der Waals surface area contributed by atoms with E-state index in [2.05, 4.69) is 58.7 Å². The minimum absolute atomic E-state index is 0.668. The van der Waals surface area contributed by atoms with Crippen molar-refractivity contribution in [2.24, 2.45) is 0 Å². The lowest BCUT2D eigenvalue weighted by Crippen LogP contribution is -2.25. The van der Waals surface area contributed by atoms with Gasteiger partial charge in [0, 0.05) is 35.8 Å². The van der Waals surface area contributed by atoms with Crippen molar-refractivity contribution in [3.05, 3.63) is 113 Å². The van der Waals surface area contributed by atoms with E-state index >= 15 is 0 Å². The van der Waals surface area contributed by atoms with Gasteiger partial charge in [0.25, 0.3) is 0 Å². The molecule has 0 aliphatic carbocycles. The third-order valence-corrected chi connectivity index (χ3v) is 7.37. The van der Waals surface area contributed by atoms with Gasteiger partial charge in [-0.15, -0.1) is 0 Å². The number of nitrogens with zero attached hydrogens (tertiary/aromatic N) is 4. The highest BCUT2D eigenvalue weighted by atomic mass is 35.5. The zero-order valence-electron chi connectivity index (χ0n) is 21.9. The Morgan fingerprint density at radius 3 is 2.44 bits per heavy atom. The normalized spacial score (nSPS) is 13.7. The van der Waals surface area contributed by atoms with Crippen LogP contribution in [0, 0.1) is 0 Å². The number of halogens is 1. The summed E-state index contributed by atoms with van der Waals surface area (Å²) in [6, 6.07) is 30.7. The SMILES string of the molecule is Clc1cccc(CNc2ccc(-c3cccc4nc(Cc5ccc(OCCN6CCCC6)cc5)nn34)cc2)c1. The first kappa shape index (κ1) is 25.4. The molecule has 1 saturated heterocycles. The second kappa shape index (κ2) is 11.9. The largest absolute Gasteiger partial charge is 0.492 e. The smallest absolute Gasteiger partial charge is 0.156 e. The molecule has 2 aromatic heterocycles. The Morgan fingerprint density at radius 1 is 0.846 bits per heavy atom. The van der Waals surface area contributed by atoms with Crippen LogP contribution in [0.5, 0.6) is 5.75 Å². The lowest BCUT2D eigenvalue weighted by atomic mass is 10.1. The van der Waals surface area contributed by atoms with Crippen LogP contribution in [-0.2, 0) is 13.0 Å². The summed E-state index contributed by atoms with van der Waals surface area (Å²) in [4.78, 5) is 7.25. The molecule has 0 bridgehead atoms. The molecule has 3 heterocycles. The summed E-state index contributed by atoms with van der Waals surface area (Å²) >= 11 is 6.10. The summed E-state index contributed by atoms with van der Waals surface area (Å²) in [6.45, 7) is 4.84. The van der Waals surface area contributed by atoms with Crippen molar-refractivity contribution in [2.75, 3.05) is 31.6 Å². The lowest BCUT2D eigenvalue weighted by molar-refractivity contribution is 0.238. The first-order chi connectivity index (χ1) is 19.2. The molecule has 0 amide bonds. The molecular formula is C32H32ClN5O. The number of hydrogen-bond donors (Lipinski definition) is 1. The maximum Gasteiger partial charge on any atom is 0.156 e. The summed E-state index contributed by atoms with van der Waals surface area (Å²) in [5, 5.41) is 9.06. The summed E-state index contributed by atoms with van der Waals surface area (Å²) < 4.78 is 7.88. The first-order valence-corrected chi connectivity index (χ1v) is 13.9. The van der Waals surface area contributed by atoms with E-state index in [1.807, 2.05) is 47.0 Å². The number of aromatic nitrogens is 3. The maximum absolute atomic E-state index is 6.10. The number of benzene rings is 3. The van der Waals surface area contributed by atoms with Gasteiger partial charge in [-0.3, -0.25) is 4.90 Å². The average molecular weight is 538 g/mol. The van der Waals surface area contributed by atoms with Crippen LogP contribution in [0.1, 0.15) is 29.8 Å². The van der Waals surface area contributed by atoms with Crippen LogP contribution in [0.25, 0.3) is 16.9 Å². The van der Waals surface area contributed by atoms with Crippen molar-refractivity contribution in [1.82, 2.24) is 19.5 Å². The van der Waals surface area contributed by atoms with Gasteiger partial charge in [0.1, 0.15) is 12.4 Å². The third kappa shape index (κ3) is 6.41. The molecule has 1 aliphatic heterocycles. The van der Waals surface area contributed by atoms with Crippen LogP contribution in [-0.4, -0.2) is 45.7 Å². The zero-order chi connectivity index (χ0) is 26.4. The van der Waals surface area contributed by atoms with E-state index in [-0.39, 0.29) is 0 Å². The second-order valence-electron chi connectivity index (χ2n) is 9.99. The number of pyridine rings is 1. The van der Waals surface area contributed by atoms with Gasteiger partial charge < -0.3 is 10.1 Å². The highest BCUT2D eigenvalue weighted by molar-refractivity contribution is 6.30.